The summed E-state index contributed by atoms with van der Waals surface area (Å²) in [7, 11) is 1.76. The Bertz CT molecular complexity index is 766. The Kier molecular flexibility index (Phi) is 4.17. The van der Waals surface area contributed by atoms with Gasteiger partial charge in [-0.3, -0.25) is 4.98 Å². The van der Waals surface area contributed by atoms with Crippen LogP contribution in [0.4, 0.5) is 10.5 Å². The van der Waals surface area contributed by atoms with Crippen molar-refractivity contribution in [2.45, 2.75) is 44.4 Å². The van der Waals surface area contributed by atoms with Crippen LogP contribution in [0.1, 0.15) is 24.8 Å². The highest BCUT2D eigenvalue weighted by molar-refractivity contribution is 5.91. The molecule has 0 radical (unpaired) electrons. The third-order valence-electron chi connectivity index (χ3n) is 5.40. The Morgan fingerprint density at radius 3 is 2.68 bits per heavy atom. The number of carbonyl (C=O) groups is 1. The fraction of sp³-hybridized carbons (Fsp3) is 0.400. The summed E-state index contributed by atoms with van der Waals surface area (Å²) in [6.07, 6.45) is 5.05. The molecule has 2 amide bonds. The molecule has 2 aromatic rings. The second-order valence-corrected chi connectivity index (χ2v) is 6.95. The molecule has 5 nitrogen and oxygen atoms in total. The number of aryl methyl sites for hydroxylation is 1. The summed E-state index contributed by atoms with van der Waals surface area (Å²) in [5.74, 6) is 0. The number of urea groups is 1. The molecule has 5 rings (SSSR count). The van der Waals surface area contributed by atoms with E-state index in [0.717, 1.165) is 41.8 Å². The predicted octanol–water partition coefficient (Wildman–Crippen LogP) is 3.84. The molecule has 1 saturated carbocycles. The molecule has 2 bridgehead atoms. The van der Waals surface area contributed by atoms with Crippen LogP contribution in [0.15, 0.2) is 42.6 Å². The van der Waals surface area contributed by atoms with Crippen molar-refractivity contribution in [2.24, 2.45) is 0 Å². The predicted molar refractivity (Wildman–Crippen MR) is 97.5 cm³/mol. The van der Waals surface area contributed by atoms with E-state index in [9.17, 15) is 4.79 Å². The van der Waals surface area contributed by atoms with Crippen molar-refractivity contribution in [3.63, 3.8) is 0 Å². The highest BCUT2D eigenvalue weighted by Crippen LogP contribution is 2.39. The van der Waals surface area contributed by atoms with E-state index in [1.165, 1.54) is 0 Å². The monoisotopic (exact) mass is 337 g/mol. The molecular weight excluding hydrogens is 314 g/mol. The number of hydrogen-bond donors (Lipinski definition) is 1. The lowest BCUT2D eigenvalue weighted by molar-refractivity contribution is -0.0636. The molecule has 130 valence electrons. The molecule has 1 aliphatic carbocycles. The van der Waals surface area contributed by atoms with E-state index < -0.39 is 0 Å². The van der Waals surface area contributed by atoms with Gasteiger partial charge in [0.2, 0.25) is 0 Å². The van der Waals surface area contributed by atoms with Crippen molar-refractivity contribution in [2.75, 3.05) is 12.4 Å². The summed E-state index contributed by atoms with van der Waals surface area (Å²) < 4.78 is 5.45. The number of rotatable bonds is 3. The van der Waals surface area contributed by atoms with Crippen LogP contribution in [0.5, 0.6) is 0 Å². The molecule has 25 heavy (non-hydrogen) atoms. The van der Waals surface area contributed by atoms with Gasteiger partial charge < -0.3 is 15.0 Å². The van der Waals surface area contributed by atoms with Crippen LogP contribution in [0, 0.1) is 6.92 Å². The Labute approximate surface area is 148 Å². The van der Waals surface area contributed by atoms with Crippen LogP contribution in [0.3, 0.4) is 0 Å². The van der Waals surface area contributed by atoms with E-state index in [2.05, 4.69) is 17.2 Å². The SMILES string of the molecule is COC1CC2CC(C1)N2C(=O)Nc1ccc(C)c(-c2ccccn2)c1. The lowest BCUT2D eigenvalue weighted by Crippen LogP contribution is -2.65. The number of anilines is 1. The van der Waals surface area contributed by atoms with Gasteiger partial charge in [0.25, 0.3) is 0 Å². The van der Waals surface area contributed by atoms with Gasteiger partial charge in [-0.1, -0.05) is 12.1 Å². The van der Waals surface area contributed by atoms with Gasteiger partial charge in [0.1, 0.15) is 0 Å². The zero-order valence-electron chi connectivity index (χ0n) is 14.6. The molecule has 2 saturated heterocycles. The first-order valence-corrected chi connectivity index (χ1v) is 8.80. The zero-order chi connectivity index (χ0) is 17.4. The lowest BCUT2D eigenvalue weighted by Gasteiger charge is -2.54. The first-order valence-electron chi connectivity index (χ1n) is 8.80. The standard InChI is InChI=1S/C20H23N3O2/c1-13-6-7-14(9-18(13)19-5-3-4-8-21-19)22-20(24)23-15-10-16(23)12-17(11-15)25-2/h3-9,15-17H,10-12H2,1-2H3,(H,22,24). The number of hydrogen-bond acceptors (Lipinski definition) is 3. The van der Waals surface area contributed by atoms with Crippen molar-refractivity contribution in [3.05, 3.63) is 48.2 Å². The van der Waals surface area contributed by atoms with Crippen LogP contribution in [0.25, 0.3) is 11.3 Å². The third-order valence-corrected chi connectivity index (χ3v) is 5.40. The fourth-order valence-corrected chi connectivity index (χ4v) is 4.03. The number of pyridine rings is 1. The molecule has 2 unspecified atom stereocenters. The summed E-state index contributed by atoms with van der Waals surface area (Å²) >= 11 is 0. The minimum Gasteiger partial charge on any atom is -0.381 e. The van der Waals surface area contributed by atoms with E-state index >= 15 is 0 Å². The van der Waals surface area contributed by atoms with Gasteiger partial charge in [-0.15, -0.1) is 0 Å². The molecule has 3 heterocycles. The van der Waals surface area contributed by atoms with Gasteiger partial charge in [0.05, 0.1) is 11.8 Å². The second-order valence-electron chi connectivity index (χ2n) is 6.95. The van der Waals surface area contributed by atoms with Crippen LogP contribution in [0.2, 0.25) is 0 Å². The third kappa shape index (κ3) is 3.00. The molecule has 1 aromatic carbocycles. The van der Waals surface area contributed by atoms with Gasteiger partial charge >= 0.3 is 6.03 Å². The molecule has 3 fully saturated rings. The van der Waals surface area contributed by atoms with E-state index in [1.54, 1.807) is 13.3 Å². The smallest absolute Gasteiger partial charge is 0.322 e. The van der Waals surface area contributed by atoms with Crippen molar-refractivity contribution in [1.29, 1.82) is 0 Å². The fourth-order valence-electron chi connectivity index (χ4n) is 4.03. The first-order chi connectivity index (χ1) is 12.2. The first kappa shape index (κ1) is 16.1. The Morgan fingerprint density at radius 1 is 1.20 bits per heavy atom. The van der Waals surface area contributed by atoms with Gasteiger partial charge in [0, 0.05) is 36.6 Å². The van der Waals surface area contributed by atoms with Crippen molar-refractivity contribution in [3.8, 4) is 11.3 Å². The summed E-state index contributed by atoms with van der Waals surface area (Å²) in [6.45, 7) is 2.06. The van der Waals surface area contributed by atoms with Crippen molar-refractivity contribution in [1.82, 2.24) is 9.88 Å². The number of piperidine rings is 1. The van der Waals surface area contributed by atoms with Crippen molar-refractivity contribution >= 4 is 11.7 Å². The normalized spacial score (nSPS) is 24.6. The molecule has 1 aromatic heterocycles. The van der Waals surface area contributed by atoms with Gasteiger partial charge in [0.15, 0.2) is 0 Å². The molecule has 2 atom stereocenters. The number of nitrogens with one attached hydrogen (secondary N) is 1. The Balaban J connectivity index is 1.49. The maximum absolute atomic E-state index is 12.7. The summed E-state index contributed by atoms with van der Waals surface area (Å²) in [5, 5.41) is 3.06. The van der Waals surface area contributed by atoms with E-state index in [0.29, 0.717) is 18.2 Å². The van der Waals surface area contributed by atoms with E-state index in [4.69, 9.17) is 4.74 Å². The summed E-state index contributed by atoms with van der Waals surface area (Å²) in [6, 6.07) is 12.5. The number of methoxy groups -OCH3 is 1. The zero-order valence-corrected chi connectivity index (χ0v) is 14.6. The van der Waals surface area contributed by atoms with Gasteiger partial charge in [-0.2, -0.15) is 0 Å². The highest BCUT2D eigenvalue weighted by Gasteiger charge is 2.47. The van der Waals surface area contributed by atoms with Crippen molar-refractivity contribution < 1.29 is 9.53 Å². The summed E-state index contributed by atoms with van der Waals surface area (Å²) in [4.78, 5) is 19.1. The number of ether oxygens (including phenoxy) is 1. The largest absolute Gasteiger partial charge is 0.381 e. The van der Waals surface area contributed by atoms with Crippen LogP contribution >= 0.6 is 0 Å². The Morgan fingerprint density at radius 2 is 2.00 bits per heavy atom. The molecule has 2 aliphatic heterocycles. The van der Waals surface area contributed by atoms with Crippen LogP contribution in [-0.2, 0) is 4.74 Å². The van der Waals surface area contributed by atoms with Gasteiger partial charge in [-0.05, 0) is 56.0 Å². The number of fused-ring (bicyclic) bond motifs is 2. The number of nitrogens with zero attached hydrogens (tertiary/aromatic N) is 2. The number of benzene rings is 1. The number of amides is 2. The average molecular weight is 337 g/mol. The minimum atomic E-state index is -0.00775. The maximum Gasteiger partial charge on any atom is 0.322 e. The second kappa shape index (κ2) is 6.48. The van der Waals surface area contributed by atoms with Crippen LogP contribution in [-0.4, -0.2) is 41.2 Å². The number of carbonyl (C=O) groups excluding carboxylic acids is 1. The molecule has 0 spiro atoms. The quantitative estimate of drug-likeness (QED) is 0.926. The highest BCUT2D eigenvalue weighted by atomic mass is 16.5. The molecular formula is C20H23N3O2. The Hall–Kier alpha value is -2.40. The van der Waals surface area contributed by atoms with E-state index in [1.807, 2.05) is 41.3 Å². The van der Waals surface area contributed by atoms with E-state index in [-0.39, 0.29) is 6.03 Å². The molecule has 1 N–H and O–H groups in total. The minimum absolute atomic E-state index is 0.00775. The average Bonchev–Trinajstić information content (AvgIpc) is 2.64. The molecule has 3 aliphatic rings. The topological polar surface area (TPSA) is 54.5 Å². The molecule has 5 heteroatoms. The number of aromatic nitrogens is 1. The van der Waals surface area contributed by atoms with Gasteiger partial charge in [-0.25, -0.2) is 4.79 Å². The maximum atomic E-state index is 12.7. The summed E-state index contributed by atoms with van der Waals surface area (Å²) in [5.41, 5.74) is 3.91. The lowest BCUT2D eigenvalue weighted by atomic mass is 9.78. The van der Waals surface area contributed by atoms with Crippen LogP contribution < -0.4 is 5.32 Å².